The van der Waals surface area contributed by atoms with E-state index in [1.807, 2.05) is 24.3 Å². The van der Waals surface area contributed by atoms with Gasteiger partial charge in [-0.1, -0.05) is 11.6 Å². The molecule has 1 saturated heterocycles. The third kappa shape index (κ3) is 5.59. The molecule has 0 bridgehead atoms. The number of ether oxygens (including phenoxy) is 4. The van der Waals surface area contributed by atoms with Gasteiger partial charge in [-0.25, -0.2) is 4.79 Å². The van der Waals surface area contributed by atoms with Crippen LogP contribution in [-0.2, 0) is 14.3 Å². The second-order valence-electron chi connectivity index (χ2n) is 6.88. The maximum absolute atomic E-state index is 12.5. The van der Waals surface area contributed by atoms with Gasteiger partial charge in [0.25, 0.3) is 5.91 Å². The lowest BCUT2D eigenvalue weighted by Gasteiger charge is -2.28. The molecule has 1 N–H and O–H groups in total. The second-order valence-corrected chi connectivity index (χ2v) is 7.28. The summed E-state index contributed by atoms with van der Waals surface area (Å²) in [4.78, 5) is 27.2. The van der Waals surface area contributed by atoms with Crippen LogP contribution in [0.15, 0.2) is 36.4 Å². The summed E-state index contributed by atoms with van der Waals surface area (Å²) in [6.45, 7) is 4.56. The normalized spacial score (nSPS) is 14.5. The molecule has 3 rings (SSSR count). The Morgan fingerprint density at radius 1 is 1.10 bits per heavy atom. The van der Waals surface area contributed by atoms with Crippen LogP contribution in [0.4, 0.5) is 11.4 Å². The predicted octanol–water partition coefficient (Wildman–Crippen LogP) is 3.38. The van der Waals surface area contributed by atoms with Crippen molar-refractivity contribution in [1.29, 1.82) is 0 Å². The third-order valence-corrected chi connectivity index (χ3v) is 5.11. The lowest BCUT2D eigenvalue weighted by atomic mass is 10.2. The maximum Gasteiger partial charge on any atom is 0.339 e. The number of nitrogens with zero attached hydrogens (tertiary/aromatic N) is 1. The first-order valence-corrected chi connectivity index (χ1v) is 10.2. The number of anilines is 2. The third-order valence-electron chi connectivity index (χ3n) is 4.83. The van der Waals surface area contributed by atoms with E-state index in [0.29, 0.717) is 30.4 Å². The van der Waals surface area contributed by atoms with Gasteiger partial charge in [0.1, 0.15) is 0 Å². The number of hydrogen-bond donors (Lipinski definition) is 1. The number of methoxy groups -OCH3 is 2. The molecule has 2 aromatic carbocycles. The highest BCUT2D eigenvalue weighted by atomic mass is 35.5. The van der Waals surface area contributed by atoms with Crippen molar-refractivity contribution in [3.8, 4) is 11.5 Å². The highest BCUT2D eigenvalue weighted by Gasteiger charge is 2.22. The summed E-state index contributed by atoms with van der Waals surface area (Å²) in [6.07, 6.45) is -1.02. The minimum atomic E-state index is -1.02. The lowest BCUT2D eigenvalue weighted by Crippen LogP contribution is -2.36. The van der Waals surface area contributed by atoms with Crippen molar-refractivity contribution in [3.05, 3.63) is 47.0 Å². The van der Waals surface area contributed by atoms with Crippen LogP contribution in [-0.4, -0.2) is 58.5 Å². The number of rotatable bonds is 7. The molecule has 0 spiro atoms. The number of amides is 1. The van der Waals surface area contributed by atoms with Gasteiger partial charge in [-0.05, 0) is 43.3 Å². The number of hydrogen-bond acceptors (Lipinski definition) is 7. The Bertz CT molecular complexity index is 928. The fraction of sp³-hybridized carbons (Fsp3) is 0.364. The van der Waals surface area contributed by atoms with Gasteiger partial charge in [0.15, 0.2) is 17.6 Å². The van der Waals surface area contributed by atoms with E-state index < -0.39 is 18.0 Å². The molecule has 0 aliphatic carbocycles. The molecule has 0 radical (unpaired) electrons. The fourth-order valence-corrected chi connectivity index (χ4v) is 3.43. The Kier molecular flexibility index (Phi) is 7.59. The average Bonchev–Trinajstić information content (AvgIpc) is 2.79. The van der Waals surface area contributed by atoms with Gasteiger partial charge in [0.05, 0.1) is 38.0 Å². The van der Waals surface area contributed by atoms with E-state index in [2.05, 4.69) is 10.2 Å². The van der Waals surface area contributed by atoms with Crippen molar-refractivity contribution in [2.75, 3.05) is 50.7 Å². The van der Waals surface area contributed by atoms with Crippen molar-refractivity contribution in [1.82, 2.24) is 0 Å². The molecular weight excluding hydrogens is 424 g/mol. The second kappa shape index (κ2) is 10.4. The summed E-state index contributed by atoms with van der Waals surface area (Å²) in [6, 6.07) is 10.3. The largest absolute Gasteiger partial charge is 0.493 e. The zero-order valence-corrected chi connectivity index (χ0v) is 18.4. The van der Waals surface area contributed by atoms with Gasteiger partial charge in [-0.3, -0.25) is 4.79 Å². The summed E-state index contributed by atoms with van der Waals surface area (Å²) < 4.78 is 21.0. The summed E-state index contributed by atoms with van der Waals surface area (Å²) in [5.74, 6) is -0.543. The number of nitrogens with one attached hydrogen (secondary N) is 1. The highest BCUT2D eigenvalue weighted by Crippen LogP contribution is 2.36. The highest BCUT2D eigenvalue weighted by molar-refractivity contribution is 6.32. The first-order chi connectivity index (χ1) is 14.9. The van der Waals surface area contributed by atoms with E-state index in [1.54, 1.807) is 0 Å². The van der Waals surface area contributed by atoms with Crippen molar-refractivity contribution >= 4 is 34.9 Å². The van der Waals surface area contributed by atoms with E-state index >= 15 is 0 Å². The van der Waals surface area contributed by atoms with Crippen molar-refractivity contribution < 1.29 is 28.5 Å². The van der Waals surface area contributed by atoms with Gasteiger partial charge in [0, 0.05) is 24.5 Å². The van der Waals surface area contributed by atoms with E-state index in [4.69, 9.17) is 30.5 Å². The summed E-state index contributed by atoms with van der Waals surface area (Å²) in [5, 5.41) is 2.95. The molecule has 1 aliphatic heterocycles. The van der Waals surface area contributed by atoms with E-state index in [9.17, 15) is 9.59 Å². The summed E-state index contributed by atoms with van der Waals surface area (Å²) >= 11 is 6.13. The van der Waals surface area contributed by atoms with Crippen molar-refractivity contribution in [2.45, 2.75) is 13.0 Å². The molecule has 1 atom stereocenters. The minimum Gasteiger partial charge on any atom is -0.493 e. The molecule has 1 heterocycles. The number of carbonyl (C=O) groups is 2. The minimum absolute atomic E-state index is 0.150. The van der Waals surface area contributed by atoms with Crippen LogP contribution < -0.4 is 19.7 Å². The predicted molar refractivity (Wildman–Crippen MR) is 118 cm³/mol. The van der Waals surface area contributed by atoms with Gasteiger partial charge < -0.3 is 29.2 Å². The number of carbonyl (C=O) groups excluding carboxylic acids is 2. The fourth-order valence-electron chi connectivity index (χ4n) is 3.14. The van der Waals surface area contributed by atoms with Gasteiger partial charge >= 0.3 is 5.97 Å². The Hall–Kier alpha value is -2.97. The number of morpholine rings is 1. The topological polar surface area (TPSA) is 86.3 Å². The maximum atomic E-state index is 12.5. The molecular formula is C22H25ClN2O6. The van der Waals surface area contributed by atoms with Crippen molar-refractivity contribution in [3.63, 3.8) is 0 Å². The van der Waals surface area contributed by atoms with Crippen LogP contribution in [0.1, 0.15) is 17.3 Å². The van der Waals surface area contributed by atoms with Gasteiger partial charge in [-0.15, -0.1) is 0 Å². The number of benzene rings is 2. The zero-order valence-electron chi connectivity index (χ0n) is 17.6. The Morgan fingerprint density at radius 3 is 2.39 bits per heavy atom. The quantitative estimate of drug-likeness (QED) is 0.650. The first kappa shape index (κ1) is 22.7. The molecule has 1 amide bonds. The van der Waals surface area contributed by atoms with Crippen LogP contribution in [0, 0.1) is 0 Å². The Balaban J connectivity index is 1.60. The van der Waals surface area contributed by atoms with E-state index in [1.165, 1.54) is 33.3 Å². The molecule has 9 heteroatoms. The van der Waals surface area contributed by atoms with E-state index in [0.717, 1.165) is 18.8 Å². The molecule has 0 saturated carbocycles. The van der Waals surface area contributed by atoms with Gasteiger partial charge in [0.2, 0.25) is 0 Å². The average molecular weight is 449 g/mol. The number of esters is 1. The van der Waals surface area contributed by atoms with Crippen LogP contribution in [0.2, 0.25) is 5.02 Å². The SMILES string of the molecule is COc1cc(C(=O)OC(C)C(=O)Nc2ccc(N3CCOCC3)cc2)cc(Cl)c1OC. The Labute approximate surface area is 186 Å². The molecule has 1 fully saturated rings. The standard InChI is InChI=1S/C22H25ClN2O6/c1-14(31-22(27)15-12-18(23)20(29-3)19(13-15)28-2)21(26)24-16-4-6-17(7-5-16)25-8-10-30-11-9-25/h4-7,12-14H,8-11H2,1-3H3,(H,24,26). The molecule has 31 heavy (non-hydrogen) atoms. The monoisotopic (exact) mass is 448 g/mol. The van der Waals surface area contributed by atoms with Crippen LogP contribution in [0.5, 0.6) is 11.5 Å². The van der Waals surface area contributed by atoms with Crippen LogP contribution >= 0.6 is 11.6 Å². The number of halogens is 1. The molecule has 0 aromatic heterocycles. The first-order valence-electron chi connectivity index (χ1n) is 9.79. The van der Waals surface area contributed by atoms with Crippen LogP contribution in [0.25, 0.3) is 0 Å². The molecule has 8 nitrogen and oxygen atoms in total. The zero-order chi connectivity index (χ0) is 22.4. The van der Waals surface area contributed by atoms with Crippen molar-refractivity contribution in [2.24, 2.45) is 0 Å². The molecule has 2 aromatic rings. The molecule has 166 valence electrons. The van der Waals surface area contributed by atoms with Crippen LogP contribution in [0.3, 0.4) is 0 Å². The lowest BCUT2D eigenvalue weighted by molar-refractivity contribution is -0.123. The molecule has 1 unspecified atom stereocenters. The van der Waals surface area contributed by atoms with Gasteiger partial charge in [-0.2, -0.15) is 0 Å². The van der Waals surface area contributed by atoms with E-state index in [-0.39, 0.29) is 10.6 Å². The Morgan fingerprint density at radius 2 is 1.77 bits per heavy atom. The summed E-state index contributed by atoms with van der Waals surface area (Å²) in [5.41, 5.74) is 1.82. The smallest absolute Gasteiger partial charge is 0.339 e. The summed E-state index contributed by atoms with van der Waals surface area (Å²) in [7, 11) is 2.88. The molecule has 1 aliphatic rings.